The van der Waals surface area contributed by atoms with Crippen LogP contribution in [0.15, 0.2) is 58.8 Å². The number of hydrogen-bond acceptors (Lipinski definition) is 13. The number of nitriles is 1. The molecule has 14 nitrogen and oxygen atoms in total. The Morgan fingerprint density at radius 2 is 1.56 bits per heavy atom. The van der Waals surface area contributed by atoms with Crippen molar-refractivity contribution in [2.45, 2.75) is 0 Å². The van der Waals surface area contributed by atoms with Gasteiger partial charge in [-0.05, 0) is 23.3 Å². The molecule has 4 aromatic rings. The number of nitrogens with two attached hydrogens (primary N) is 3. The van der Waals surface area contributed by atoms with E-state index in [1.54, 1.807) is 19.4 Å². The number of benzene rings is 2. The normalized spacial score (nSPS) is 11.5. The van der Waals surface area contributed by atoms with Crippen molar-refractivity contribution in [2.75, 3.05) is 66.5 Å². The summed E-state index contributed by atoms with van der Waals surface area (Å²) in [6, 6.07) is 15.0. The molecule has 48 heavy (non-hydrogen) atoms. The van der Waals surface area contributed by atoms with E-state index in [9.17, 15) is 20.0 Å². The quantitative estimate of drug-likeness (QED) is 0.0548. The molecule has 8 N–H and O–H groups in total. The zero-order chi connectivity index (χ0) is 34.5. The summed E-state index contributed by atoms with van der Waals surface area (Å²) in [5.41, 5.74) is 14.8. The molecule has 15 heteroatoms. The second-order valence-corrected chi connectivity index (χ2v) is 11.2. The summed E-state index contributed by atoms with van der Waals surface area (Å²) < 4.78 is 27.0. The van der Waals surface area contributed by atoms with Gasteiger partial charge in [-0.1, -0.05) is 30.3 Å². The summed E-state index contributed by atoms with van der Waals surface area (Å²) in [6.07, 6.45) is 1.62. The number of aromatic hydroxyl groups is 1. The number of aromatic nitrogens is 1. The molecule has 2 aromatic carbocycles. The number of methoxy groups -OCH3 is 1. The largest absolute Gasteiger partial charge is 0.506 e. The van der Waals surface area contributed by atoms with E-state index in [1.165, 1.54) is 16.3 Å². The highest BCUT2D eigenvalue weighted by Crippen LogP contribution is 2.40. The smallest absolute Gasteiger partial charge is 0.270 e. The number of hydrazine groups is 1. The van der Waals surface area contributed by atoms with Crippen molar-refractivity contribution in [1.82, 2.24) is 9.99 Å². The third-order valence-corrected chi connectivity index (χ3v) is 7.93. The van der Waals surface area contributed by atoms with Crippen molar-refractivity contribution in [3.63, 3.8) is 0 Å². The van der Waals surface area contributed by atoms with Gasteiger partial charge in [-0.15, -0.1) is 11.3 Å². The first kappa shape index (κ1) is 35.9. The Morgan fingerprint density at radius 3 is 2.17 bits per heavy atom. The molecule has 2 heterocycles. The highest BCUT2D eigenvalue weighted by Gasteiger charge is 2.18. The Bertz CT molecular complexity index is 1820. The minimum Gasteiger partial charge on any atom is -0.506 e. The molecule has 1 amide bonds. The van der Waals surface area contributed by atoms with Gasteiger partial charge in [0.05, 0.1) is 71.0 Å². The number of rotatable bonds is 19. The number of ether oxygens (including phenoxy) is 5. The maximum absolute atomic E-state index is 12.1. The van der Waals surface area contributed by atoms with Crippen LogP contribution in [0.25, 0.3) is 38.2 Å². The first-order chi connectivity index (χ1) is 23.2. The lowest BCUT2D eigenvalue weighted by Crippen LogP contribution is -2.30. The van der Waals surface area contributed by atoms with E-state index < -0.39 is 11.5 Å². The number of carbonyl (C=O) groups is 1. The van der Waals surface area contributed by atoms with Gasteiger partial charge < -0.3 is 50.3 Å². The van der Waals surface area contributed by atoms with Gasteiger partial charge in [-0.2, -0.15) is 5.26 Å². The molecule has 0 atom stereocenters. The van der Waals surface area contributed by atoms with Crippen molar-refractivity contribution < 1.29 is 33.6 Å². The Labute approximate surface area is 280 Å². The minimum absolute atomic E-state index is 0.122. The van der Waals surface area contributed by atoms with Crippen LogP contribution in [0.2, 0.25) is 0 Å². The van der Waals surface area contributed by atoms with Crippen LogP contribution in [-0.2, 0) is 23.7 Å². The minimum atomic E-state index is -0.619. The zero-order valence-electron chi connectivity index (χ0n) is 26.4. The van der Waals surface area contributed by atoms with Crippen molar-refractivity contribution >= 4 is 33.2 Å². The first-order valence-corrected chi connectivity index (χ1v) is 15.7. The number of carbonyl (C=O) groups excluding carboxylic acids is 1. The van der Waals surface area contributed by atoms with Crippen LogP contribution in [0.4, 0.5) is 0 Å². The van der Waals surface area contributed by atoms with Gasteiger partial charge in [0.1, 0.15) is 29.0 Å². The molecule has 0 fully saturated rings. The van der Waals surface area contributed by atoms with E-state index in [4.69, 9.17) is 41.0 Å². The molecule has 0 unspecified atom stereocenters. The summed E-state index contributed by atoms with van der Waals surface area (Å²) >= 11 is 1.28. The van der Waals surface area contributed by atoms with Gasteiger partial charge in [-0.3, -0.25) is 9.59 Å². The summed E-state index contributed by atoms with van der Waals surface area (Å²) in [7, 11) is 1.58. The third kappa shape index (κ3) is 9.55. The molecule has 0 bridgehead atoms. The van der Waals surface area contributed by atoms with Gasteiger partial charge in [-0.25, -0.2) is 5.84 Å². The predicted molar refractivity (Wildman–Crippen MR) is 182 cm³/mol. The molecule has 0 aliphatic rings. The van der Waals surface area contributed by atoms with Crippen molar-refractivity contribution in [1.29, 1.82) is 5.26 Å². The van der Waals surface area contributed by atoms with E-state index >= 15 is 0 Å². The fraction of sp³-hybridized carbons (Fsp3) is 0.303. The van der Waals surface area contributed by atoms with Crippen LogP contribution in [0.5, 0.6) is 11.5 Å². The van der Waals surface area contributed by atoms with E-state index in [2.05, 4.69) is 4.98 Å². The lowest BCUT2D eigenvalue weighted by molar-refractivity contribution is -0.123. The number of fused-ring (bicyclic) bond motifs is 1. The number of pyridine rings is 1. The monoisotopic (exact) mass is 678 g/mol. The second kappa shape index (κ2) is 17.8. The van der Waals surface area contributed by atoms with Crippen LogP contribution in [0.1, 0.15) is 11.1 Å². The second-order valence-electron chi connectivity index (χ2n) is 10.3. The average Bonchev–Trinajstić information content (AvgIpc) is 3.50. The van der Waals surface area contributed by atoms with Crippen molar-refractivity contribution in [3.8, 4) is 39.8 Å². The fourth-order valence-electron chi connectivity index (χ4n) is 4.66. The van der Waals surface area contributed by atoms with Gasteiger partial charge in [0, 0.05) is 28.3 Å². The summed E-state index contributed by atoms with van der Waals surface area (Å²) in [6.45, 7) is 2.88. The SMILES string of the molecule is COc1cc(/C(N)=C/N(N)CCOCCOCCOCCOCC(N)=O)ccc1-c1ccc(-c2csc3[nH]c(=O)c(C#N)c(O)c23)cc1. The number of amides is 1. The molecule has 254 valence electrons. The van der Waals surface area contributed by atoms with E-state index in [1.807, 2.05) is 47.8 Å². The lowest BCUT2D eigenvalue weighted by atomic mass is 9.98. The Kier molecular flexibility index (Phi) is 13.3. The van der Waals surface area contributed by atoms with Gasteiger partial charge in [0.25, 0.3) is 5.56 Å². The topological polar surface area (TPSA) is 221 Å². The number of hydrogen-bond donors (Lipinski definition) is 5. The highest BCUT2D eigenvalue weighted by molar-refractivity contribution is 7.17. The maximum atomic E-state index is 12.1. The average molecular weight is 679 g/mol. The molecule has 0 saturated heterocycles. The standard InChI is InChI=1S/C33H38N6O8S/c1-43-28-16-23(27(35)18-39(37)8-9-44-10-11-45-12-13-46-14-15-47-19-29(36)40)6-7-24(28)21-2-4-22(5-3-21)26-20-48-33-30(26)31(41)25(17-34)32(42)38-33/h2-7,16,18,20H,8-15,19,35,37H2,1H3,(H2,36,40)(H2,38,41,42)/b27-18-. The fourth-order valence-corrected chi connectivity index (χ4v) is 5.62. The van der Waals surface area contributed by atoms with Crippen LogP contribution in [0.3, 0.4) is 0 Å². The Morgan fingerprint density at radius 1 is 0.958 bits per heavy atom. The summed E-state index contributed by atoms with van der Waals surface area (Å²) in [4.78, 5) is 25.8. The molecular weight excluding hydrogens is 640 g/mol. The number of thiophene rings is 1. The number of H-pyrrole nitrogens is 1. The van der Waals surface area contributed by atoms with Crippen LogP contribution in [-0.4, -0.2) is 87.5 Å². The lowest BCUT2D eigenvalue weighted by Gasteiger charge is -2.16. The highest BCUT2D eigenvalue weighted by atomic mass is 32.1. The number of aromatic amines is 1. The molecule has 0 spiro atoms. The Hall–Kier alpha value is -4.95. The maximum Gasteiger partial charge on any atom is 0.270 e. The number of primary amides is 1. The Balaban J connectivity index is 1.27. The molecule has 0 aliphatic heterocycles. The van der Waals surface area contributed by atoms with Gasteiger partial charge >= 0.3 is 0 Å². The van der Waals surface area contributed by atoms with Crippen LogP contribution >= 0.6 is 11.3 Å². The number of nitrogens with zero attached hydrogens (tertiary/aromatic N) is 2. The molecular formula is C33H38N6O8S. The van der Waals surface area contributed by atoms with E-state index in [-0.39, 0.29) is 24.5 Å². The van der Waals surface area contributed by atoms with E-state index in [0.717, 1.165) is 22.3 Å². The van der Waals surface area contributed by atoms with Crippen LogP contribution in [0, 0.1) is 11.3 Å². The van der Waals surface area contributed by atoms with Gasteiger partial charge in [0.2, 0.25) is 5.91 Å². The molecule has 0 saturated carbocycles. The molecule has 0 aliphatic carbocycles. The number of nitrogens with one attached hydrogen (secondary N) is 1. The molecule has 2 aromatic heterocycles. The van der Waals surface area contributed by atoms with Crippen molar-refractivity contribution in [3.05, 3.63) is 75.5 Å². The van der Waals surface area contributed by atoms with Crippen LogP contribution < -0.4 is 27.6 Å². The molecule has 0 radical (unpaired) electrons. The summed E-state index contributed by atoms with van der Waals surface area (Å²) in [5.74, 6) is 5.88. The zero-order valence-corrected chi connectivity index (χ0v) is 27.2. The summed E-state index contributed by atoms with van der Waals surface area (Å²) in [5, 5.41) is 23.6. The predicted octanol–water partition coefficient (Wildman–Crippen LogP) is 2.49. The third-order valence-electron chi connectivity index (χ3n) is 7.03. The van der Waals surface area contributed by atoms with E-state index in [0.29, 0.717) is 73.4 Å². The first-order valence-electron chi connectivity index (χ1n) is 14.9. The molecule has 4 rings (SSSR count). The van der Waals surface area contributed by atoms with Gasteiger partial charge in [0.15, 0.2) is 5.56 Å². The van der Waals surface area contributed by atoms with Crippen molar-refractivity contribution in [2.24, 2.45) is 17.3 Å².